The van der Waals surface area contributed by atoms with Crippen LogP contribution in [0.4, 0.5) is 5.69 Å². The van der Waals surface area contributed by atoms with Gasteiger partial charge in [-0.05, 0) is 18.6 Å². The summed E-state index contributed by atoms with van der Waals surface area (Å²) < 4.78 is 0. The van der Waals surface area contributed by atoms with Crippen molar-refractivity contribution in [3.63, 3.8) is 0 Å². The first-order valence-electron chi connectivity index (χ1n) is 8.42. The van der Waals surface area contributed by atoms with E-state index < -0.39 is 12.5 Å². The lowest BCUT2D eigenvalue weighted by Gasteiger charge is -2.29. The summed E-state index contributed by atoms with van der Waals surface area (Å²) in [6, 6.07) is 4.64. The molecule has 1 saturated heterocycles. The fourth-order valence-electron chi connectivity index (χ4n) is 3.18. The number of aliphatic hydroxyl groups is 1. The van der Waals surface area contributed by atoms with Crippen molar-refractivity contribution in [1.82, 2.24) is 15.5 Å². The van der Waals surface area contributed by atoms with Crippen LogP contribution in [0.25, 0.3) is 0 Å². The molecule has 2 heterocycles. The van der Waals surface area contributed by atoms with Crippen LogP contribution in [0.2, 0.25) is 0 Å². The van der Waals surface area contributed by atoms with Gasteiger partial charge in [0.25, 0.3) is 11.8 Å². The van der Waals surface area contributed by atoms with Crippen LogP contribution < -0.4 is 16.0 Å². The fourth-order valence-corrected chi connectivity index (χ4v) is 3.18. The average Bonchev–Trinajstić information content (AvgIpc) is 2.91. The Morgan fingerprint density at radius 1 is 1.23 bits per heavy atom. The molecule has 2 aliphatic heterocycles. The molecule has 0 aromatic heterocycles. The topological polar surface area (TPSA) is 128 Å². The zero-order valence-electron chi connectivity index (χ0n) is 14.1. The third kappa shape index (κ3) is 3.38. The first-order chi connectivity index (χ1) is 12.5. The van der Waals surface area contributed by atoms with Crippen molar-refractivity contribution in [1.29, 1.82) is 0 Å². The van der Waals surface area contributed by atoms with Gasteiger partial charge in [-0.15, -0.1) is 0 Å². The number of aliphatic hydroxyl groups excluding tert-OH is 1. The molecule has 138 valence electrons. The number of hydrogen-bond acceptors (Lipinski definition) is 6. The van der Waals surface area contributed by atoms with Crippen molar-refractivity contribution in [2.75, 3.05) is 31.6 Å². The summed E-state index contributed by atoms with van der Waals surface area (Å²) in [5, 5.41) is 16.9. The Morgan fingerprint density at radius 2 is 2.04 bits per heavy atom. The number of carbonyl (C=O) groups is 4. The Bertz CT molecular complexity index is 754. The number of hydrogen-bond donors (Lipinski definition) is 4. The molecule has 0 bridgehead atoms. The van der Waals surface area contributed by atoms with E-state index >= 15 is 0 Å². The Labute approximate surface area is 149 Å². The lowest BCUT2D eigenvalue weighted by molar-refractivity contribution is -0.124. The van der Waals surface area contributed by atoms with Gasteiger partial charge in [-0.3, -0.25) is 24.1 Å². The number of imide groups is 1. The van der Waals surface area contributed by atoms with Crippen molar-refractivity contribution in [2.24, 2.45) is 0 Å². The van der Waals surface area contributed by atoms with Gasteiger partial charge in [-0.1, -0.05) is 6.07 Å². The molecular formula is C17H20N4O5. The predicted molar refractivity (Wildman–Crippen MR) is 91.6 cm³/mol. The number of piperidine rings is 1. The fraction of sp³-hybridized carbons (Fsp3) is 0.412. The molecule has 0 spiro atoms. The molecule has 1 unspecified atom stereocenters. The van der Waals surface area contributed by atoms with Gasteiger partial charge in [0, 0.05) is 31.7 Å². The first kappa shape index (κ1) is 17.9. The van der Waals surface area contributed by atoms with Crippen LogP contribution >= 0.6 is 0 Å². The summed E-state index contributed by atoms with van der Waals surface area (Å²) in [4.78, 5) is 49.1. The minimum Gasteiger partial charge on any atom is -0.387 e. The normalized spacial score (nSPS) is 19.2. The summed E-state index contributed by atoms with van der Waals surface area (Å²) in [7, 11) is 0. The van der Waals surface area contributed by atoms with E-state index in [0.717, 1.165) is 0 Å². The van der Waals surface area contributed by atoms with Gasteiger partial charge in [0.1, 0.15) is 6.61 Å². The molecule has 1 aromatic carbocycles. The molecule has 26 heavy (non-hydrogen) atoms. The van der Waals surface area contributed by atoms with E-state index in [4.69, 9.17) is 5.11 Å². The number of rotatable bonds is 6. The smallest absolute Gasteiger partial charge is 0.263 e. The van der Waals surface area contributed by atoms with E-state index in [0.29, 0.717) is 29.8 Å². The molecule has 9 heteroatoms. The quantitative estimate of drug-likeness (QED) is 0.384. The number of nitrogens with zero attached hydrogens (tertiary/aromatic N) is 1. The van der Waals surface area contributed by atoms with Gasteiger partial charge in [-0.25, -0.2) is 0 Å². The Morgan fingerprint density at radius 3 is 2.73 bits per heavy atom. The monoisotopic (exact) mass is 360 g/mol. The first-order valence-corrected chi connectivity index (χ1v) is 8.42. The van der Waals surface area contributed by atoms with Crippen LogP contribution in [-0.4, -0.2) is 65.9 Å². The highest BCUT2D eigenvalue weighted by Gasteiger charge is 2.42. The van der Waals surface area contributed by atoms with Gasteiger partial charge in [0.05, 0.1) is 17.2 Å². The highest BCUT2D eigenvalue weighted by molar-refractivity contribution is 6.24. The van der Waals surface area contributed by atoms with E-state index in [9.17, 15) is 19.2 Å². The SMILES string of the molecule is O=C(CO)NCCNc1cccc2c1C(=O)N(C1CCC(=O)NC1)C2=O. The maximum Gasteiger partial charge on any atom is 0.263 e. The van der Waals surface area contributed by atoms with Crippen molar-refractivity contribution < 1.29 is 24.3 Å². The summed E-state index contributed by atoms with van der Waals surface area (Å²) >= 11 is 0. The zero-order valence-corrected chi connectivity index (χ0v) is 14.1. The molecule has 0 aliphatic carbocycles. The highest BCUT2D eigenvalue weighted by atomic mass is 16.3. The Kier molecular flexibility index (Phi) is 5.17. The maximum atomic E-state index is 12.8. The molecule has 0 radical (unpaired) electrons. The molecule has 3 rings (SSSR count). The number of fused-ring (bicyclic) bond motifs is 1. The van der Waals surface area contributed by atoms with Crippen LogP contribution in [0.5, 0.6) is 0 Å². The molecule has 4 amide bonds. The number of benzene rings is 1. The maximum absolute atomic E-state index is 12.8. The van der Waals surface area contributed by atoms with Crippen molar-refractivity contribution in [3.05, 3.63) is 29.3 Å². The van der Waals surface area contributed by atoms with Gasteiger partial charge >= 0.3 is 0 Å². The third-order valence-corrected chi connectivity index (χ3v) is 4.46. The molecule has 4 N–H and O–H groups in total. The summed E-state index contributed by atoms with van der Waals surface area (Å²) in [6.07, 6.45) is 0.737. The summed E-state index contributed by atoms with van der Waals surface area (Å²) in [5.41, 5.74) is 1.15. The van der Waals surface area contributed by atoms with E-state index in [1.807, 2.05) is 0 Å². The van der Waals surface area contributed by atoms with Crippen LogP contribution in [0.3, 0.4) is 0 Å². The number of anilines is 1. The van der Waals surface area contributed by atoms with Crippen molar-refractivity contribution >= 4 is 29.3 Å². The molecular weight excluding hydrogens is 340 g/mol. The minimum atomic E-state index is -0.583. The molecule has 9 nitrogen and oxygen atoms in total. The van der Waals surface area contributed by atoms with E-state index in [-0.39, 0.29) is 43.3 Å². The minimum absolute atomic E-state index is 0.0786. The van der Waals surface area contributed by atoms with Crippen molar-refractivity contribution in [2.45, 2.75) is 18.9 Å². The van der Waals surface area contributed by atoms with Gasteiger partial charge in [0.2, 0.25) is 11.8 Å². The second kappa shape index (κ2) is 7.52. The molecule has 1 fully saturated rings. The lowest BCUT2D eigenvalue weighted by Crippen LogP contribution is -2.50. The van der Waals surface area contributed by atoms with Gasteiger partial charge < -0.3 is 21.1 Å². The van der Waals surface area contributed by atoms with Crippen LogP contribution in [0.1, 0.15) is 33.6 Å². The second-order valence-corrected chi connectivity index (χ2v) is 6.14. The number of amides is 4. The molecule has 2 aliphatic rings. The second-order valence-electron chi connectivity index (χ2n) is 6.14. The van der Waals surface area contributed by atoms with E-state index in [2.05, 4.69) is 16.0 Å². The number of carbonyl (C=O) groups excluding carboxylic acids is 4. The van der Waals surface area contributed by atoms with Gasteiger partial charge in [0.15, 0.2) is 0 Å². The summed E-state index contributed by atoms with van der Waals surface area (Å²) in [6.45, 7) is 0.285. The Hall–Kier alpha value is -2.94. The van der Waals surface area contributed by atoms with E-state index in [1.54, 1.807) is 18.2 Å². The standard InChI is InChI=1S/C17H20N4O5/c22-9-14(24)19-7-6-18-12-3-1-2-11-15(12)17(26)21(16(11)25)10-4-5-13(23)20-8-10/h1-3,10,18,22H,4-9H2,(H,19,24)(H,20,23). The van der Waals surface area contributed by atoms with Crippen molar-refractivity contribution in [3.8, 4) is 0 Å². The van der Waals surface area contributed by atoms with E-state index in [1.165, 1.54) is 4.90 Å². The Balaban J connectivity index is 1.72. The van der Waals surface area contributed by atoms with Crippen LogP contribution in [0, 0.1) is 0 Å². The van der Waals surface area contributed by atoms with Crippen LogP contribution in [-0.2, 0) is 9.59 Å². The highest BCUT2D eigenvalue weighted by Crippen LogP contribution is 2.31. The average molecular weight is 360 g/mol. The van der Waals surface area contributed by atoms with Crippen LogP contribution in [0.15, 0.2) is 18.2 Å². The van der Waals surface area contributed by atoms with Gasteiger partial charge in [-0.2, -0.15) is 0 Å². The largest absolute Gasteiger partial charge is 0.387 e. The molecule has 1 aromatic rings. The number of nitrogens with one attached hydrogen (secondary N) is 3. The summed E-state index contributed by atoms with van der Waals surface area (Å²) in [5.74, 6) is -1.30. The molecule has 0 saturated carbocycles. The third-order valence-electron chi connectivity index (χ3n) is 4.46. The predicted octanol–water partition coefficient (Wildman–Crippen LogP) is -0.918. The zero-order chi connectivity index (χ0) is 18.7. The lowest BCUT2D eigenvalue weighted by atomic mass is 10.1. The molecule has 1 atom stereocenters.